The number of hydrogen-bond acceptors (Lipinski definition) is 5. The zero-order valence-electron chi connectivity index (χ0n) is 14.5. The summed E-state index contributed by atoms with van der Waals surface area (Å²) in [5.74, 6) is 0.248. The number of hydrogen-bond donors (Lipinski definition) is 2. The number of halogens is 2. The van der Waals surface area contributed by atoms with Crippen LogP contribution < -0.4 is 10.6 Å². The first-order chi connectivity index (χ1) is 12.5. The molecule has 138 valence electrons. The van der Waals surface area contributed by atoms with Gasteiger partial charge in [-0.2, -0.15) is 0 Å². The van der Waals surface area contributed by atoms with E-state index < -0.39 is 6.67 Å². The Morgan fingerprint density at radius 2 is 2.35 bits per heavy atom. The van der Waals surface area contributed by atoms with Crippen molar-refractivity contribution in [2.75, 3.05) is 27.0 Å². The maximum absolute atomic E-state index is 12.4. The van der Waals surface area contributed by atoms with Crippen LogP contribution in [-0.2, 0) is 11.3 Å². The molecule has 0 bridgehead atoms. The molecule has 7 nitrogen and oxygen atoms in total. The second-order valence-corrected chi connectivity index (χ2v) is 6.66. The van der Waals surface area contributed by atoms with Gasteiger partial charge in [0, 0.05) is 34.7 Å². The number of nitrogens with zero attached hydrogens (tertiary/aromatic N) is 3. The van der Waals surface area contributed by atoms with E-state index in [-0.39, 0.29) is 12.5 Å². The van der Waals surface area contributed by atoms with Gasteiger partial charge in [0.25, 0.3) is 5.91 Å². The highest BCUT2D eigenvalue weighted by Crippen LogP contribution is 2.24. The fourth-order valence-corrected chi connectivity index (χ4v) is 3.16. The van der Waals surface area contributed by atoms with Gasteiger partial charge in [0.15, 0.2) is 0 Å². The minimum absolute atomic E-state index is 0.0263. The molecular weight excluding hydrogens is 405 g/mol. The van der Waals surface area contributed by atoms with Gasteiger partial charge in [0.05, 0.1) is 24.7 Å². The number of pyridine rings is 1. The standard InChI is InChI=1S/C17H19BrFN5O2/c1-10-13(22-9-23-17(10)26-2)8-24-7-12(16(25)20-4-3-19)15-14(24)5-11(18)6-21-15/h5-7,22H,3-4,8-9H2,1-2H3,(H,20,25). The van der Waals surface area contributed by atoms with Crippen molar-refractivity contribution >= 4 is 38.8 Å². The largest absolute Gasteiger partial charge is 0.481 e. The molecule has 0 saturated heterocycles. The Morgan fingerprint density at radius 1 is 1.54 bits per heavy atom. The van der Waals surface area contributed by atoms with Crippen LogP contribution in [0.15, 0.2) is 39.2 Å². The molecule has 1 aliphatic heterocycles. The molecule has 0 aromatic carbocycles. The van der Waals surface area contributed by atoms with Gasteiger partial charge in [-0.15, -0.1) is 0 Å². The summed E-state index contributed by atoms with van der Waals surface area (Å²) in [5.41, 5.74) is 3.64. The lowest BCUT2D eigenvalue weighted by Crippen LogP contribution is -2.27. The van der Waals surface area contributed by atoms with Crippen LogP contribution in [0.25, 0.3) is 11.0 Å². The van der Waals surface area contributed by atoms with Crippen LogP contribution in [-0.4, -0.2) is 48.4 Å². The highest BCUT2D eigenvalue weighted by molar-refractivity contribution is 9.10. The molecule has 0 aliphatic carbocycles. The maximum Gasteiger partial charge on any atom is 0.255 e. The van der Waals surface area contributed by atoms with Crippen LogP contribution in [0, 0.1) is 0 Å². The molecule has 2 aromatic rings. The van der Waals surface area contributed by atoms with Gasteiger partial charge in [0.2, 0.25) is 5.90 Å². The van der Waals surface area contributed by atoms with Crippen molar-refractivity contribution in [2.24, 2.45) is 4.99 Å². The number of alkyl halides is 1. The summed E-state index contributed by atoms with van der Waals surface area (Å²) in [7, 11) is 1.59. The lowest BCUT2D eigenvalue weighted by molar-refractivity contribution is 0.0952. The van der Waals surface area contributed by atoms with Crippen LogP contribution >= 0.6 is 15.9 Å². The minimum atomic E-state index is -0.613. The predicted octanol–water partition coefficient (Wildman–Crippen LogP) is 2.38. The first-order valence-corrected chi connectivity index (χ1v) is 8.85. The highest BCUT2D eigenvalue weighted by atomic mass is 79.9. The fraction of sp³-hybridized carbons (Fsp3) is 0.353. The molecule has 0 fully saturated rings. The number of carbonyl (C=O) groups excluding carboxylic acids is 1. The number of ether oxygens (including phenoxy) is 1. The molecule has 0 radical (unpaired) electrons. The van der Waals surface area contributed by atoms with Crippen LogP contribution in [0.2, 0.25) is 0 Å². The molecular formula is C17H19BrFN5O2. The summed E-state index contributed by atoms with van der Waals surface area (Å²) in [6, 6.07) is 1.90. The molecule has 0 saturated carbocycles. The van der Waals surface area contributed by atoms with E-state index in [1.54, 1.807) is 19.5 Å². The Hall–Kier alpha value is -2.42. The molecule has 26 heavy (non-hydrogen) atoms. The second kappa shape index (κ2) is 7.86. The molecule has 3 rings (SSSR count). The van der Waals surface area contributed by atoms with Crippen molar-refractivity contribution in [3.8, 4) is 0 Å². The second-order valence-electron chi connectivity index (χ2n) is 5.74. The number of rotatable bonds is 5. The minimum Gasteiger partial charge on any atom is -0.481 e. The SMILES string of the molecule is COC1=NCNC(Cn2cc(C(=O)NCCF)c3ncc(Br)cc32)=C1C. The molecule has 3 heterocycles. The Bertz CT molecular complexity index is 906. The zero-order valence-corrected chi connectivity index (χ0v) is 16.1. The summed E-state index contributed by atoms with van der Waals surface area (Å²) < 4.78 is 20.4. The summed E-state index contributed by atoms with van der Waals surface area (Å²) in [6.07, 6.45) is 3.37. The number of nitrogens with one attached hydrogen (secondary N) is 2. The van der Waals surface area contributed by atoms with Crippen LogP contribution in [0.3, 0.4) is 0 Å². The third-order valence-electron chi connectivity index (χ3n) is 4.12. The van der Waals surface area contributed by atoms with Crippen LogP contribution in [0.5, 0.6) is 0 Å². The van der Waals surface area contributed by atoms with E-state index in [1.165, 1.54) is 0 Å². The van der Waals surface area contributed by atoms with Gasteiger partial charge in [-0.1, -0.05) is 0 Å². The Balaban J connectivity index is 2.02. The monoisotopic (exact) mass is 423 g/mol. The Labute approximate surface area is 158 Å². The number of amides is 1. The molecule has 0 unspecified atom stereocenters. The zero-order chi connectivity index (χ0) is 18.7. The van der Waals surface area contributed by atoms with E-state index >= 15 is 0 Å². The number of fused-ring (bicyclic) bond motifs is 1. The summed E-state index contributed by atoms with van der Waals surface area (Å²) in [4.78, 5) is 21.0. The van der Waals surface area contributed by atoms with Gasteiger partial charge in [-0.25, -0.2) is 9.38 Å². The topological polar surface area (TPSA) is 80.5 Å². The van der Waals surface area contributed by atoms with Crippen LogP contribution in [0.1, 0.15) is 17.3 Å². The fourth-order valence-electron chi connectivity index (χ4n) is 2.84. The van der Waals surface area contributed by atoms with Gasteiger partial charge < -0.3 is 19.9 Å². The molecule has 2 N–H and O–H groups in total. The van der Waals surface area contributed by atoms with Crippen molar-refractivity contribution in [3.05, 3.63) is 39.8 Å². The summed E-state index contributed by atoms with van der Waals surface area (Å²) >= 11 is 3.42. The lowest BCUT2D eigenvalue weighted by atomic mass is 10.2. The molecule has 0 spiro atoms. The van der Waals surface area contributed by atoms with E-state index in [0.29, 0.717) is 30.2 Å². The number of methoxy groups -OCH3 is 1. The van der Waals surface area contributed by atoms with E-state index in [1.807, 2.05) is 17.6 Å². The highest BCUT2D eigenvalue weighted by Gasteiger charge is 2.19. The average molecular weight is 424 g/mol. The normalized spacial score (nSPS) is 14.2. The van der Waals surface area contributed by atoms with Gasteiger partial charge in [0.1, 0.15) is 18.9 Å². The molecule has 1 aliphatic rings. The number of aromatic nitrogens is 2. The third-order valence-corrected chi connectivity index (χ3v) is 4.55. The van der Waals surface area contributed by atoms with Gasteiger partial charge in [-0.3, -0.25) is 9.78 Å². The summed E-state index contributed by atoms with van der Waals surface area (Å²) in [5, 5.41) is 5.79. The Morgan fingerprint density at radius 3 is 3.08 bits per heavy atom. The molecule has 2 aromatic heterocycles. The van der Waals surface area contributed by atoms with Crippen molar-refractivity contribution in [2.45, 2.75) is 13.5 Å². The van der Waals surface area contributed by atoms with Crippen molar-refractivity contribution in [1.29, 1.82) is 0 Å². The number of aliphatic imine (C=N–C) groups is 1. The maximum atomic E-state index is 12.4. The third kappa shape index (κ3) is 3.57. The van der Waals surface area contributed by atoms with E-state index in [0.717, 1.165) is 21.3 Å². The summed E-state index contributed by atoms with van der Waals surface area (Å²) in [6.45, 7) is 2.22. The first kappa shape index (κ1) is 18.4. The quantitative estimate of drug-likeness (QED) is 0.773. The van der Waals surface area contributed by atoms with Crippen LogP contribution in [0.4, 0.5) is 4.39 Å². The Kier molecular flexibility index (Phi) is 5.55. The lowest BCUT2D eigenvalue weighted by Gasteiger charge is -2.20. The van der Waals surface area contributed by atoms with E-state index in [2.05, 4.69) is 36.5 Å². The molecule has 0 atom stereocenters. The predicted molar refractivity (Wildman–Crippen MR) is 101 cm³/mol. The van der Waals surface area contributed by atoms with Gasteiger partial charge in [-0.05, 0) is 28.9 Å². The number of carbonyl (C=O) groups is 1. The molecule has 9 heteroatoms. The van der Waals surface area contributed by atoms with Crippen molar-refractivity contribution < 1.29 is 13.9 Å². The van der Waals surface area contributed by atoms with Crippen molar-refractivity contribution in [3.63, 3.8) is 0 Å². The first-order valence-electron chi connectivity index (χ1n) is 8.06. The number of allylic oxidation sites excluding steroid dienone is 1. The van der Waals surface area contributed by atoms with E-state index in [4.69, 9.17) is 4.74 Å². The molecule has 1 amide bonds. The van der Waals surface area contributed by atoms with E-state index in [9.17, 15) is 9.18 Å². The average Bonchev–Trinajstić information content (AvgIpc) is 2.99. The van der Waals surface area contributed by atoms with Gasteiger partial charge >= 0.3 is 0 Å². The van der Waals surface area contributed by atoms with Crippen molar-refractivity contribution in [1.82, 2.24) is 20.2 Å². The smallest absolute Gasteiger partial charge is 0.255 e.